The van der Waals surface area contributed by atoms with Crippen LogP contribution in [-0.2, 0) is 5.60 Å². The summed E-state index contributed by atoms with van der Waals surface area (Å²) in [5.41, 5.74) is 2.37. The number of aliphatic hydroxyl groups is 1. The van der Waals surface area contributed by atoms with Crippen LogP contribution in [0, 0.1) is 13.8 Å². The van der Waals surface area contributed by atoms with Gasteiger partial charge in [0.05, 0.1) is 0 Å². The molecular weight excluding hydrogens is 607 g/mol. The maximum absolute atomic E-state index is 14.1. The summed E-state index contributed by atoms with van der Waals surface area (Å²) in [4.78, 5) is 14.1. The molecule has 1 atom stereocenters. The summed E-state index contributed by atoms with van der Waals surface area (Å²) in [6.45, 7) is 8.57. The number of benzene rings is 5. The van der Waals surface area contributed by atoms with Crippen molar-refractivity contribution in [2.24, 2.45) is 0 Å². The van der Waals surface area contributed by atoms with Gasteiger partial charge in [0.1, 0.15) is 0 Å². The van der Waals surface area contributed by atoms with Crippen LogP contribution in [-0.4, -0.2) is 29.3 Å². The van der Waals surface area contributed by atoms with Gasteiger partial charge in [-0.2, -0.15) is 0 Å². The molecule has 1 unspecified atom stereocenters. The van der Waals surface area contributed by atoms with Gasteiger partial charge in [-0.25, -0.2) is 0 Å². The summed E-state index contributed by atoms with van der Waals surface area (Å²) in [5, 5.41) is 12.4. The monoisotopic (exact) mass is 644 g/mol. The van der Waals surface area contributed by atoms with Crippen molar-refractivity contribution < 1.29 is 9.90 Å². The number of Topliss-reactive ketones (excluding diaryl/α,β-unsaturated/α-hetero) is 1. The number of rotatable bonds is 10. The second-order valence-electron chi connectivity index (χ2n) is 11.0. The number of hydrogen-bond donors (Lipinski definition) is 1. The zero-order chi connectivity index (χ0) is 28.9. The van der Waals surface area contributed by atoms with Crippen LogP contribution in [0.2, 0.25) is 4.44 Å². The van der Waals surface area contributed by atoms with Crippen LogP contribution < -0.4 is 10.7 Å². The van der Waals surface area contributed by atoms with Gasteiger partial charge >= 0.3 is 249 Å². The Morgan fingerprint density at radius 2 is 1.02 bits per heavy atom. The Bertz CT molecular complexity index is 1510. The van der Waals surface area contributed by atoms with Gasteiger partial charge in [0.15, 0.2) is 0 Å². The standard InChI is InChI=1S/C20H21O2.3C6H5.Sn/c1-14(2)13-20(22,18-11-7-16(4)8-12-18)19(21)17-9-5-15(3)6-10-17;3*1-2-4-6-5-3-1;/h5-12,22H,1-2,13H2,3-4H3;3*1-5H;. The van der Waals surface area contributed by atoms with Crippen molar-refractivity contribution in [3.8, 4) is 0 Å². The van der Waals surface area contributed by atoms with Crippen LogP contribution in [0.3, 0.4) is 0 Å². The molecule has 0 radical (unpaired) electrons. The molecular formula is C38H36O2Sn. The fourth-order valence-corrected chi connectivity index (χ4v) is 19.5. The number of aryl methyl sites for hydroxylation is 2. The molecule has 0 aliphatic carbocycles. The fourth-order valence-electron chi connectivity index (χ4n) is 5.86. The third-order valence-electron chi connectivity index (χ3n) is 8.04. The molecule has 0 aromatic heterocycles. The number of carbonyl (C=O) groups excluding carboxylic acids is 1. The Kier molecular flexibility index (Phi) is 8.72. The number of carbonyl (C=O) groups is 1. The summed E-state index contributed by atoms with van der Waals surface area (Å²) in [6, 6.07) is 47.4. The number of hydrogen-bond acceptors (Lipinski definition) is 2. The molecule has 0 fully saturated rings. The van der Waals surface area contributed by atoms with Gasteiger partial charge in [0, 0.05) is 0 Å². The molecule has 41 heavy (non-hydrogen) atoms. The van der Waals surface area contributed by atoms with Crippen LogP contribution in [0.15, 0.2) is 152 Å². The average molecular weight is 643 g/mol. The van der Waals surface area contributed by atoms with Crippen LogP contribution in [0.25, 0.3) is 0 Å². The quantitative estimate of drug-likeness (QED) is 0.107. The van der Waals surface area contributed by atoms with Crippen molar-refractivity contribution >= 4 is 34.9 Å². The zero-order valence-corrected chi connectivity index (χ0v) is 26.6. The minimum atomic E-state index is -3.70. The molecule has 0 aliphatic heterocycles. The normalized spacial score (nSPS) is 12.9. The number of ketones is 1. The SMILES string of the molecule is C=C(CC(O)(C(=O)c1ccc(C)cc1)c1ccc(C)cc1)[CH2][Sn]([c]1ccccc1)([c]1ccccc1)[c]1ccccc1. The van der Waals surface area contributed by atoms with Crippen LogP contribution in [0.5, 0.6) is 0 Å². The summed E-state index contributed by atoms with van der Waals surface area (Å²) in [7, 11) is 0. The van der Waals surface area contributed by atoms with Gasteiger partial charge in [0.2, 0.25) is 0 Å². The van der Waals surface area contributed by atoms with E-state index in [-0.39, 0.29) is 12.2 Å². The van der Waals surface area contributed by atoms with E-state index >= 15 is 0 Å². The van der Waals surface area contributed by atoms with E-state index in [4.69, 9.17) is 0 Å². The second-order valence-corrected chi connectivity index (χ2v) is 22.1. The van der Waals surface area contributed by atoms with Gasteiger partial charge in [-0.05, 0) is 0 Å². The molecule has 5 aromatic carbocycles. The van der Waals surface area contributed by atoms with E-state index in [0.29, 0.717) is 11.1 Å². The molecule has 0 saturated heterocycles. The Balaban J connectivity index is 1.62. The molecule has 0 aliphatic rings. The van der Waals surface area contributed by atoms with E-state index in [1.165, 1.54) is 10.7 Å². The molecule has 5 rings (SSSR count). The molecule has 0 saturated carbocycles. The molecule has 204 valence electrons. The van der Waals surface area contributed by atoms with Gasteiger partial charge in [-0.15, -0.1) is 0 Å². The topological polar surface area (TPSA) is 37.3 Å². The van der Waals surface area contributed by atoms with Crippen LogP contribution in [0.1, 0.15) is 33.5 Å². The Morgan fingerprint density at radius 1 is 0.634 bits per heavy atom. The van der Waals surface area contributed by atoms with Crippen molar-refractivity contribution in [1.29, 1.82) is 0 Å². The predicted octanol–water partition coefficient (Wildman–Crippen LogP) is 6.49. The van der Waals surface area contributed by atoms with E-state index in [0.717, 1.165) is 21.1 Å². The van der Waals surface area contributed by atoms with E-state index in [9.17, 15) is 9.90 Å². The van der Waals surface area contributed by atoms with E-state index in [1.807, 2.05) is 50.2 Å². The van der Waals surface area contributed by atoms with Crippen molar-refractivity contribution in [1.82, 2.24) is 0 Å². The fraction of sp³-hybridized carbons (Fsp3) is 0.132. The van der Waals surface area contributed by atoms with Crippen LogP contribution >= 0.6 is 0 Å². The molecule has 0 spiro atoms. The molecule has 2 nitrogen and oxygen atoms in total. The molecule has 5 aromatic rings. The third kappa shape index (κ3) is 6.00. The van der Waals surface area contributed by atoms with Gasteiger partial charge in [-0.1, -0.05) is 0 Å². The van der Waals surface area contributed by atoms with Crippen LogP contribution in [0.4, 0.5) is 0 Å². The summed E-state index contributed by atoms with van der Waals surface area (Å²) >= 11 is -3.70. The molecule has 1 N–H and O–H groups in total. The maximum atomic E-state index is 14.1. The summed E-state index contributed by atoms with van der Waals surface area (Å²) in [6.07, 6.45) is 0.147. The third-order valence-corrected chi connectivity index (χ3v) is 22.3. The predicted molar refractivity (Wildman–Crippen MR) is 173 cm³/mol. The van der Waals surface area contributed by atoms with Gasteiger partial charge in [0.25, 0.3) is 0 Å². The molecule has 3 heteroatoms. The van der Waals surface area contributed by atoms with Crippen molar-refractivity contribution in [3.63, 3.8) is 0 Å². The Hall–Kier alpha value is -3.73. The first-order chi connectivity index (χ1) is 19.8. The molecule has 0 amide bonds. The van der Waals surface area contributed by atoms with E-state index in [2.05, 4.69) is 97.6 Å². The Labute approximate surface area is 247 Å². The summed E-state index contributed by atoms with van der Waals surface area (Å²) < 4.78 is 4.74. The first-order valence-electron chi connectivity index (χ1n) is 14.1. The van der Waals surface area contributed by atoms with Crippen molar-refractivity contribution in [2.45, 2.75) is 30.3 Å². The zero-order valence-electron chi connectivity index (χ0n) is 23.8. The van der Waals surface area contributed by atoms with Crippen molar-refractivity contribution in [3.05, 3.63) is 174 Å². The first kappa shape index (κ1) is 28.8. The van der Waals surface area contributed by atoms with Crippen molar-refractivity contribution in [2.75, 3.05) is 0 Å². The Morgan fingerprint density at radius 3 is 1.44 bits per heavy atom. The summed E-state index contributed by atoms with van der Waals surface area (Å²) in [5.74, 6) is -0.303. The minimum absolute atomic E-state index is 0.147. The molecule has 0 heterocycles. The second kappa shape index (κ2) is 12.4. The van der Waals surface area contributed by atoms with E-state index in [1.54, 1.807) is 12.1 Å². The molecule has 0 bridgehead atoms. The van der Waals surface area contributed by atoms with Gasteiger partial charge in [-0.3, -0.25) is 0 Å². The van der Waals surface area contributed by atoms with E-state index < -0.39 is 24.0 Å². The first-order valence-corrected chi connectivity index (χ1v) is 20.4. The average Bonchev–Trinajstić information content (AvgIpc) is 3.01. The van der Waals surface area contributed by atoms with Gasteiger partial charge < -0.3 is 0 Å².